The molecule has 168 valence electrons. The standard InChI is InChI=1S/C27H28N4OS/c1-4-20(3)21-12-14-23(15-13-21)28-25(32)18-33-27-30-29-26(22-8-6-5-7-9-22)31(27)24-16-10-19(2)11-17-24/h5-17,20H,4,18H2,1-3H3,(H,28,32). The van der Waals surface area contributed by atoms with E-state index in [1.807, 2.05) is 59.2 Å². The molecule has 0 aliphatic heterocycles. The average Bonchev–Trinajstić information content (AvgIpc) is 3.28. The first-order valence-corrected chi connectivity index (χ1v) is 12.1. The van der Waals surface area contributed by atoms with Crippen molar-refractivity contribution < 1.29 is 4.79 Å². The van der Waals surface area contributed by atoms with Gasteiger partial charge in [-0.2, -0.15) is 0 Å². The van der Waals surface area contributed by atoms with Gasteiger partial charge in [-0.05, 0) is 49.1 Å². The van der Waals surface area contributed by atoms with Crippen molar-refractivity contribution in [1.29, 1.82) is 0 Å². The number of rotatable bonds is 8. The maximum Gasteiger partial charge on any atom is 0.234 e. The highest BCUT2D eigenvalue weighted by Crippen LogP contribution is 2.28. The van der Waals surface area contributed by atoms with E-state index in [2.05, 4.69) is 60.6 Å². The lowest BCUT2D eigenvalue weighted by Crippen LogP contribution is -2.14. The lowest BCUT2D eigenvalue weighted by Gasteiger charge is -2.12. The van der Waals surface area contributed by atoms with Gasteiger partial charge in [-0.3, -0.25) is 9.36 Å². The van der Waals surface area contributed by atoms with Gasteiger partial charge in [0, 0.05) is 16.9 Å². The highest BCUT2D eigenvalue weighted by atomic mass is 32.2. The monoisotopic (exact) mass is 456 g/mol. The predicted molar refractivity (Wildman–Crippen MR) is 136 cm³/mol. The summed E-state index contributed by atoms with van der Waals surface area (Å²) >= 11 is 1.38. The molecule has 1 amide bonds. The van der Waals surface area contributed by atoms with E-state index in [9.17, 15) is 4.79 Å². The highest BCUT2D eigenvalue weighted by Gasteiger charge is 2.17. The van der Waals surface area contributed by atoms with Crippen LogP contribution in [0.1, 0.15) is 37.3 Å². The van der Waals surface area contributed by atoms with Crippen LogP contribution in [0, 0.1) is 6.92 Å². The summed E-state index contributed by atoms with van der Waals surface area (Å²) < 4.78 is 2.01. The minimum atomic E-state index is -0.0731. The molecule has 33 heavy (non-hydrogen) atoms. The number of thioether (sulfide) groups is 1. The molecule has 0 fully saturated rings. The summed E-state index contributed by atoms with van der Waals surface area (Å²) in [6.07, 6.45) is 1.09. The molecule has 0 aliphatic carbocycles. The fourth-order valence-corrected chi connectivity index (χ4v) is 4.27. The quantitative estimate of drug-likeness (QED) is 0.308. The van der Waals surface area contributed by atoms with Crippen molar-refractivity contribution in [2.75, 3.05) is 11.1 Å². The normalized spacial score (nSPS) is 11.8. The molecule has 6 heteroatoms. The number of nitrogens with one attached hydrogen (secondary N) is 1. The van der Waals surface area contributed by atoms with Crippen molar-refractivity contribution in [3.8, 4) is 17.1 Å². The third-order valence-electron chi connectivity index (χ3n) is 5.67. The maximum atomic E-state index is 12.6. The molecule has 1 heterocycles. The van der Waals surface area contributed by atoms with E-state index in [1.165, 1.54) is 22.9 Å². The van der Waals surface area contributed by atoms with Crippen LogP contribution in [-0.4, -0.2) is 26.4 Å². The van der Waals surface area contributed by atoms with Crippen LogP contribution in [-0.2, 0) is 4.79 Å². The van der Waals surface area contributed by atoms with Crippen molar-refractivity contribution in [2.45, 2.75) is 38.3 Å². The van der Waals surface area contributed by atoms with Crippen LogP contribution >= 0.6 is 11.8 Å². The van der Waals surface area contributed by atoms with Gasteiger partial charge in [-0.25, -0.2) is 0 Å². The summed E-state index contributed by atoms with van der Waals surface area (Å²) in [5.41, 5.74) is 5.21. The van der Waals surface area contributed by atoms with Gasteiger partial charge >= 0.3 is 0 Å². The second kappa shape index (κ2) is 10.5. The van der Waals surface area contributed by atoms with E-state index >= 15 is 0 Å². The molecule has 1 unspecified atom stereocenters. The Morgan fingerprint density at radius 1 is 0.970 bits per heavy atom. The van der Waals surface area contributed by atoms with Crippen LogP contribution < -0.4 is 5.32 Å². The number of carbonyl (C=O) groups is 1. The molecule has 0 aliphatic rings. The van der Waals surface area contributed by atoms with Gasteiger partial charge in [-0.1, -0.05) is 85.8 Å². The summed E-state index contributed by atoms with van der Waals surface area (Å²) in [5.74, 6) is 1.43. The minimum Gasteiger partial charge on any atom is -0.325 e. The van der Waals surface area contributed by atoms with E-state index < -0.39 is 0 Å². The maximum absolute atomic E-state index is 12.6. The molecule has 1 atom stereocenters. The number of hydrogen-bond donors (Lipinski definition) is 1. The van der Waals surface area contributed by atoms with Gasteiger partial charge in [-0.15, -0.1) is 10.2 Å². The number of aryl methyl sites for hydroxylation is 1. The first-order chi connectivity index (χ1) is 16.0. The summed E-state index contributed by atoms with van der Waals surface area (Å²) in [5, 5.41) is 12.5. The lowest BCUT2D eigenvalue weighted by molar-refractivity contribution is -0.113. The van der Waals surface area contributed by atoms with Crippen molar-refractivity contribution >= 4 is 23.4 Å². The number of benzene rings is 3. The number of carbonyl (C=O) groups excluding carboxylic acids is 1. The smallest absolute Gasteiger partial charge is 0.234 e. The average molecular weight is 457 g/mol. The highest BCUT2D eigenvalue weighted by molar-refractivity contribution is 7.99. The van der Waals surface area contributed by atoms with Gasteiger partial charge in [0.2, 0.25) is 5.91 Å². The fraction of sp³-hybridized carbons (Fsp3) is 0.222. The molecule has 0 radical (unpaired) electrons. The number of hydrogen-bond acceptors (Lipinski definition) is 4. The number of aromatic nitrogens is 3. The largest absolute Gasteiger partial charge is 0.325 e. The Labute approximate surface area is 199 Å². The molecular formula is C27H28N4OS. The fourth-order valence-electron chi connectivity index (χ4n) is 3.52. The molecular weight excluding hydrogens is 428 g/mol. The van der Waals surface area contributed by atoms with E-state index in [4.69, 9.17) is 0 Å². The number of anilines is 1. The van der Waals surface area contributed by atoms with Gasteiger partial charge in [0.05, 0.1) is 5.75 Å². The van der Waals surface area contributed by atoms with Crippen LogP contribution in [0.3, 0.4) is 0 Å². The minimum absolute atomic E-state index is 0.0731. The second-order valence-corrected chi connectivity index (χ2v) is 9.05. The zero-order valence-corrected chi connectivity index (χ0v) is 20.0. The zero-order valence-electron chi connectivity index (χ0n) is 19.2. The second-order valence-electron chi connectivity index (χ2n) is 8.11. The molecule has 3 aromatic carbocycles. The van der Waals surface area contributed by atoms with Crippen molar-refractivity contribution in [1.82, 2.24) is 14.8 Å². The molecule has 0 spiro atoms. The topological polar surface area (TPSA) is 59.8 Å². The third-order valence-corrected chi connectivity index (χ3v) is 6.59. The van der Waals surface area contributed by atoms with E-state index in [0.717, 1.165) is 29.2 Å². The predicted octanol–water partition coefficient (Wildman–Crippen LogP) is 6.49. The van der Waals surface area contributed by atoms with Crippen molar-refractivity contribution in [3.63, 3.8) is 0 Å². The molecule has 4 rings (SSSR count). The van der Waals surface area contributed by atoms with Crippen LogP contribution in [0.15, 0.2) is 84.0 Å². The SMILES string of the molecule is CCC(C)c1ccc(NC(=O)CSc2nnc(-c3ccccc3)n2-c2ccc(C)cc2)cc1. The molecule has 0 bridgehead atoms. The molecule has 0 saturated heterocycles. The summed E-state index contributed by atoms with van der Waals surface area (Å²) in [7, 11) is 0. The van der Waals surface area contributed by atoms with Gasteiger partial charge in [0.1, 0.15) is 0 Å². The van der Waals surface area contributed by atoms with Crippen LogP contribution in [0.4, 0.5) is 5.69 Å². The Kier molecular flexibility index (Phi) is 7.25. The Morgan fingerprint density at radius 3 is 2.33 bits per heavy atom. The molecule has 4 aromatic rings. The summed E-state index contributed by atoms with van der Waals surface area (Å²) in [6, 6.07) is 26.3. The van der Waals surface area contributed by atoms with Gasteiger partial charge < -0.3 is 5.32 Å². The molecule has 5 nitrogen and oxygen atoms in total. The van der Waals surface area contributed by atoms with E-state index in [1.54, 1.807) is 0 Å². The molecule has 0 saturated carbocycles. The van der Waals surface area contributed by atoms with Crippen LogP contribution in [0.5, 0.6) is 0 Å². The molecule has 1 aromatic heterocycles. The first kappa shape index (κ1) is 22.8. The van der Waals surface area contributed by atoms with Crippen molar-refractivity contribution in [2.24, 2.45) is 0 Å². The summed E-state index contributed by atoms with van der Waals surface area (Å²) in [4.78, 5) is 12.6. The van der Waals surface area contributed by atoms with Crippen molar-refractivity contribution in [3.05, 3.63) is 90.0 Å². The molecule has 1 N–H and O–H groups in total. The van der Waals surface area contributed by atoms with E-state index in [-0.39, 0.29) is 11.7 Å². The number of nitrogens with zero attached hydrogens (tertiary/aromatic N) is 3. The van der Waals surface area contributed by atoms with Gasteiger partial charge in [0.15, 0.2) is 11.0 Å². The number of amides is 1. The summed E-state index contributed by atoms with van der Waals surface area (Å²) in [6.45, 7) is 6.44. The zero-order chi connectivity index (χ0) is 23.2. The first-order valence-electron chi connectivity index (χ1n) is 11.2. The Hall–Kier alpha value is -3.38. The third kappa shape index (κ3) is 5.52. The van der Waals surface area contributed by atoms with E-state index in [0.29, 0.717) is 11.1 Å². The van der Waals surface area contributed by atoms with Crippen LogP contribution in [0.2, 0.25) is 0 Å². The van der Waals surface area contributed by atoms with Gasteiger partial charge in [0.25, 0.3) is 0 Å². The van der Waals surface area contributed by atoms with Crippen LogP contribution in [0.25, 0.3) is 17.1 Å². The lowest BCUT2D eigenvalue weighted by atomic mass is 9.99. The Balaban J connectivity index is 1.51. The Morgan fingerprint density at radius 2 is 1.67 bits per heavy atom. The Bertz CT molecular complexity index is 1200.